The zero-order valence-corrected chi connectivity index (χ0v) is 41.1. The van der Waals surface area contributed by atoms with Crippen LogP contribution in [-0.4, -0.2) is 104 Å². The zero-order valence-electron chi connectivity index (χ0n) is 41.1. The van der Waals surface area contributed by atoms with E-state index in [1.807, 2.05) is 62.9 Å². The number of imidazole rings is 2. The molecule has 5 N–H and O–H groups in total. The van der Waals surface area contributed by atoms with Crippen molar-refractivity contribution in [3.8, 4) is 0 Å². The van der Waals surface area contributed by atoms with Crippen LogP contribution in [-0.2, 0) is 14.3 Å². The first kappa shape index (κ1) is 48.6. The number of benzene rings is 3. The largest absolute Gasteiger partial charge is 0.465 e. The maximum Gasteiger partial charge on any atom is 0.407 e. The van der Waals surface area contributed by atoms with Crippen LogP contribution in [0.3, 0.4) is 0 Å². The number of alkyl carbamates (subject to hydrolysis) is 1. The third kappa shape index (κ3) is 9.44. The van der Waals surface area contributed by atoms with Crippen molar-refractivity contribution in [1.29, 1.82) is 0 Å². The van der Waals surface area contributed by atoms with Crippen LogP contribution in [0.15, 0.2) is 48.5 Å². The molecule has 6 heterocycles. The molecule has 0 spiro atoms. The Bertz CT molecular complexity index is 2740. The number of ether oxygens (including phenoxy) is 1. The Morgan fingerprint density at radius 1 is 0.700 bits per heavy atom. The number of aromatic nitrogens is 4. The van der Waals surface area contributed by atoms with Gasteiger partial charge in [-0.15, -0.1) is 0 Å². The molecule has 8 atom stereocenters. The Morgan fingerprint density at radius 2 is 1.17 bits per heavy atom. The molecular formula is C52H66F2N10O6. The van der Waals surface area contributed by atoms with Gasteiger partial charge in [0.15, 0.2) is 11.6 Å². The summed E-state index contributed by atoms with van der Waals surface area (Å²) in [7, 11) is 1.27. The molecule has 18 heteroatoms. The predicted octanol–water partition coefficient (Wildman–Crippen LogP) is 9.28. The lowest BCUT2D eigenvalue weighted by atomic mass is 9.91. The van der Waals surface area contributed by atoms with E-state index in [0.717, 1.165) is 46.9 Å². The summed E-state index contributed by atoms with van der Waals surface area (Å²) in [6.07, 6.45) is 3.32. The molecule has 3 aromatic carbocycles. The van der Waals surface area contributed by atoms with Gasteiger partial charge in [-0.2, -0.15) is 0 Å². The number of amides is 4. The van der Waals surface area contributed by atoms with Crippen LogP contribution in [0.2, 0.25) is 0 Å². The van der Waals surface area contributed by atoms with E-state index in [-0.39, 0.29) is 53.5 Å². The number of hydrogen-bond donors (Lipinski definition) is 5. The Labute approximate surface area is 406 Å². The predicted molar refractivity (Wildman–Crippen MR) is 262 cm³/mol. The second kappa shape index (κ2) is 19.7. The summed E-state index contributed by atoms with van der Waals surface area (Å²) in [6, 6.07) is 12.0. The molecule has 4 fully saturated rings. The average molecular weight is 965 g/mol. The van der Waals surface area contributed by atoms with E-state index in [0.29, 0.717) is 86.6 Å². The Kier molecular flexibility index (Phi) is 13.7. The highest BCUT2D eigenvalue weighted by molar-refractivity contribution is 5.87. The number of anilines is 2. The van der Waals surface area contributed by atoms with Gasteiger partial charge in [-0.3, -0.25) is 9.59 Å². The molecule has 0 saturated carbocycles. The fourth-order valence-corrected chi connectivity index (χ4v) is 11.8. The van der Waals surface area contributed by atoms with Gasteiger partial charge >= 0.3 is 12.2 Å². The van der Waals surface area contributed by atoms with Crippen molar-refractivity contribution in [1.82, 2.24) is 40.4 Å². The summed E-state index contributed by atoms with van der Waals surface area (Å²) in [6.45, 7) is 13.8. The van der Waals surface area contributed by atoms with Gasteiger partial charge in [-0.1, -0.05) is 53.7 Å². The minimum Gasteiger partial charge on any atom is -0.465 e. The van der Waals surface area contributed by atoms with Gasteiger partial charge in [0, 0.05) is 31.9 Å². The first-order valence-corrected chi connectivity index (χ1v) is 25.0. The lowest BCUT2D eigenvalue weighted by Crippen LogP contribution is -2.51. The maximum absolute atomic E-state index is 16.6. The molecule has 374 valence electrons. The molecule has 4 amide bonds. The molecule has 9 rings (SSSR count). The molecule has 0 radical (unpaired) electrons. The second-order valence-corrected chi connectivity index (χ2v) is 20.8. The second-order valence-electron chi connectivity index (χ2n) is 20.8. The topological polar surface area (TPSA) is 192 Å². The van der Waals surface area contributed by atoms with Gasteiger partial charge < -0.3 is 50.0 Å². The highest BCUT2D eigenvalue weighted by atomic mass is 19.1. The number of H-pyrrole nitrogens is 2. The van der Waals surface area contributed by atoms with Crippen molar-refractivity contribution in [2.45, 2.75) is 123 Å². The summed E-state index contributed by atoms with van der Waals surface area (Å²) < 4.78 is 38.1. The lowest BCUT2D eigenvalue weighted by Gasteiger charge is -2.38. The van der Waals surface area contributed by atoms with Gasteiger partial charge in [-0.05, 0) is 116 Å². The van der Waals surface area contributed by atoms with Crippen LogP contribution in [0.1, 0.15) is 133 Å². The molecule has 2 unspecified atom stereocenters. The number of nitrogens with one attached hydrogen (secondary N) is 4. The van der Waals surface area contributed by atoms with Crippen LogP contribution in [0.4, 0.5) is 29.7 Å². The molecule has 70 heavy (non-hydrogen) atoms. The SMILES string of the molecule is COC(=O)N[C@H](C(=O)N1CCC[C@H]1c1nc2ccc([C@H]3CC[C@H](c4ccc5nc([C@@H]6CCCN6C(=O)[C@@H](NC(=O)O)C(C)C)[nH]c5c4)N3c3cc(F)c(N4CC(C)CC(C)C4)c(F)c3)cc2[nH]1)C(C)C. The van der Waals surface area contributed by atoms with Crippen molar-refractivity contribution >= 4 is 57.4 Å². The smallest absolute Gasteiger partial charge is 0.407 e. The third-order valence-corrected chi connectivity index (χ3v) is 15.0. The van der Waals surface area contributed by atoms with Gasteiger partial charge in [0.1, 0.15) is 29.4 Å². The molecule has 4 aliphatic rings. The Morgan fingerprint density at radius 3 is 1.61 bits per heavy atom. The fraction of sp³-hybridized carbons (Fsp3) is 0.538. The molecule has 16 nitrogen and oxygen atoms in total. The van der Waals surface area contributed by atoms with E-state index >= 15 is 8.78 Å². The summed E-state index contributed by atoms with van der Waals surface area (Å²) >= 11 is 0. The molecular weight excluding hydrogens is 899 g/mol. The number of methoxy groups -OCH3 is 1. The normalized spacial score (nSPS) is 23.8. The van der Waals surface area contributed by atoms with Gasteiger partial charge in [0.2, 0.25) is 11.8 Å². The molecule has 0 aliphatic carbocycles. The average Bonchev–Trinajstić information content (AvgIpc) is 4.17. The van der Waals surface area contributed by atoms with Crippen LogP contribution in [0, 0.1) is 35.3 Å². The number of rotatable bonds is 12. The number of carbonyl (C=O) groups excluding carboxylic acids is 3. The van der Waals surface area contributed by atoms with Gasteiger partial charge in [0.05, 0.1) is 53.3 Å². The quantitative estimate of drug-likeness (QED) is 0.0805. The number of likely N-dealkylation sites (tertiary alicyclic amines) is 2. The van der Waals surface area contributed by atoms with Crippen molar-refractivity contribution in [2.75, 3.05) is 43.1 Å². The molecule has 2 aromatic heterocycles. The van der Waals surface area contributed by atoms with E-state index in [9.17, 15) is 24.3 Å². The summed E-state index contributed by atoms with van der Waals surface area (Å²) in [5.41, 5.74) is 5.25. The van der Waals surface area contributed by atoms with E-state index < -0.39 is 35.9 Å². The van der Waals surface area contributed by atoms with Crippen LogP contribution >= 0.6 is 0 Å². The maximum atomic E-state index is 16.6. The molecule has 5 aromatic rings. The molecule has 0 bridgehead atoms. The van der Waals surface area contributed by atoms with Crippen molar-refractivity contribution in [3.63, 3.8) is 0 Å². The van der Waals surface area contributed by atoms with Crippen molar-refractivity contribution in [3.05, 3.63) is 82.9 Å². The van der Waals surface area contributed by atoms with Crippen LogP contribution in [0.25, 0.3) is 22.1 Å². The van der Waals surface area contributed by atoms with Crippen molar-refractivity contribution < 1.29 is 37.8 Å². The van der Waals surface area contributed by atoms with Gasteiger partial charge in [-0.25, -0.2) is 28.3 Å². The number of fused-ring (bicyclic) bond motifs is 2. The minimum absolute atomic E-state index is 0.00499. The Balaban J connectivity index is 1.05. The summed E-state index contributed by atoms with van der Waals surface area (Å²) in [5.74, 6) is -0.251. The monoisotopic (exact) mass is 965 g/mol. The number of aromatic amines is 2. The highest BCUT2D eigenvalue weighted by Gasteiger charge is 2.41. The number of carbonyl (C=O) groups is 4. The van der Waals surface area contributed by atoms with E-state index in [4.69, 9.17) is 14.7 Å². The minimum atomic E-state index is -1.25. The number of hydrogen-bond acceptors (Lipinski definition) is 9. The molecule has 4 saturated heterocycles. The van der Waals surface area contributed by atoms with Gasteiger partial charge in [0.25, 0.3) is 0 Å². The lowest BCUT2D eigenvalue weighted by molar-refractivity contribution is -0.136. The van der Waals surface area contributed by atoms with E-state index in [1.165, 1.54) is 19.2 Å². The number of nitrogens with zero attached hydrogens (tertiary/aromatic N) is 6. The van der Waals surface area contributed by atoms with E-state index in [1.54, 1.807) is 9.80 Å². The first-order chi connectivity index (χ1) is 33.5. The van der Waals surface area contributed by atoms with E-state index in [2.05, 4.69) is 45.4 Å². The standard InChI is InChI=1S/C52H66F2N10O6/c1-27(2)44(59-51(67)68)49(65)62-18-8-10-42(62)47-55-36-14-12-31(21-38(36)57-47)40-16-17-41(64(40)33-23-34(53)46(35(54)24-33)61-25-29(5)20-30(6)26-61)32-13-15-37-39(22-32)58-48(56-37)43-11-9-19-63(43)50(66)45(28(3)4)60-52(69)70-7/h12-15,21-24,27-30,40-45,59H,8-11,16-20,25-26H2,1-7H3,(H,55,57)(H,56,58)(H,60,69)(H,67,68)/t29?,30?,40-,41-,42+,43+,44+,45+/m1/s1. The first-order valence-electron chi connectivity index (χ1n) is 25.0. The third-order valence-electron chi connectivity index (χ3n) is 15.0. The Hall–Kier alpha value is -6.46. The zero-order chi connectivity index (χ0) is 49.7. The summed E-state index contributed by atoms with van der Waals surface area (Å²) in [5, 5.41) is 14.6. The highest BCUT2D eigenvalue weighted by Crippen LogP contribution is 2.49. The van der Waals surface area contributed by atoms with Crippen LogP contribution in [0.5, 0.6) is 0 Å². The number of halogens is 2. The summed E-state index contributed by atoms with van der Waals surface area (Å²) in [4.78, 5) is 75.9. The van der Waals surface area contributed by atoms with Crippen molar-refractivity contribution in [2.24, 2.45) is 23.7 Å². The molecule has 4 aliphatic heterocycles. The number of piperidine rings is 1. The van der Waals surface area contributed by atoms with Crippen LogP contribution < -0.4 is 20.4 Å². The fourth-order valence-electron chi connectivity index (χ4n) is 11.8. The number of carboxylic acid groups (broad SMARTS) is 1.